The summed E-state index contributed by atoms with van der Waals surface area (Å²) in [6.45, 7) is 6.09. The number of hydrazone groups is 1. The third-order valence-electron chi connectivity index (χ3n) is 6.62. The van der Waals surface area contributed by atoms with E-state index in [9.17, 15) is 0 Å². The van der Waals surface area contributed by atoms with Crippen LogP contribution in [0, 0.1) is 0 Å². The van der Waals surface area contributed by atoms with Gasteiger partial charge < -0.3 is 4.90 Å². The van der Waals surface area contributed by atoms with Crippen LogP contribution in [0.25, 0.3) is 0 Å². The summed E-state index contributed by atoms with van der Waals surface area (Å²) in [5.41, 5.74) is 7.38. The molecule has 2 aromatic carbocycles. The molecule has 1 atom stereocenters. The van der Waals surface area contributed by atoms with Gasteiger partial charge in [0.25, 0.3) is 0 Å². The predicted molar refractivity (Wildman–Crippen MR) is 134 cm³/mol. The maximum Gasteiger partial charge on any atom is 0.148 e. The Morgan fingerprint density at radius 3 is 2.47 bits per heavy atom. The van der Waals surface area contributed by atoms with Crippen LogP contribution in [0.3, 0.4) is 0 Å². The first-order valence-corrected chi connectivity index (χ1v) is 11.7. The molecule has 1 fully saturated rings. The highest BCUT2D eigenvalue weighted by atomic mass is 15.5. The maximum absolute atomic E-state index is 4.78. The third kappa shape index (κ3) is 5.46. The van der Waals surface area contributed by atoms with Crippen LogP contribution < -0.4 is 5.43 Å². The number of likely N-dealkylation sites (tertiary alicyclic amines) is 1. The van der Waals surface area contributed by atoms with Gasteiger partial charge in [-0.2, -0.15) is 5.10 Å². The van der Waals surface area contributed by atoms with Gasteiger partial charge in [-0.25, -0.2) is 0 Å². The lowest BCUT2D eigenvalue weighted by atomic mass is 9.88. The molecule has 5 heteroatoms. The molecule has 168 valence electrons. The van der Waals surface area contributed by atoms with Crippen molar-refractivity contribution in [2.24, 2.45) is 10.1 Å². The average Bonchev–Trinajstić information content (AvgIpc) is 3.31. The highest BCUT2D eigenvalue weighted by Gasteiger charge is 2.34. The van der Waals surface area contributed by atoms with Crippen LogP contribution in [0.4, 0.5) is 0 Å². The van der Waals surface area contributed by atoms with Crippen molar-refractivity contribution in [2.45, 2.75) is 38.1 Å². The Bertz CT molecular complexity index is 927. The van der Waals surface area contributed by atoms with E-state index in [1.807, 2.05) is 13.3 Å². The number of hydrogen-bond acceptors (Lipinski definition) is 5. The molecule has 0 amide bonds. The van der Waals surface area contributed by atoms with E-state index in [2.05, 4.69) is 93.9 Å². The van der Waals surface area contributed by atoms with Crippen LogP contribution in [-0.2, 0) is 6.42 Å². The van der Waals surface area contributed by atoms with Crippen LogP contribution in [0.15, 0.2) is 82.4 Å². The Balaban J connectivity index is 1.48. The van der Waals surface area contributed by atoms with Crippen LogP contribution in [0.2, 0.25) is 0 Å². The fraction of sp³-hybridized carbons (Fsp3) is 0.407. The second-order valence-corrected chi connectivity index (χ2v) is 8.73. The normalized spacial score (nSPS) is 19.2. The molecule has 0 bridgehead atoms. The van der Waals surface area contributed by atoms with Crippen molar-refractivity contribution in [1.82, 2.24) is 15.2 Å². The van der Waals surface area contributed by atoms with E-state index in [-0.39, 0.29) is 6.04 Å². The fourth-order valence-electron chi connectivity index (χ4n) is 4.84. The summed E-state index contributed by atoms with van der Waals surface area (Å²) < 4.78 is 0. The van der Waals surface area contributed by atoms with Crippen molar-refractivity contribution in [2.75, 3.05) is 33.4 Å². The van der Waals surface area contributed by atoms with E-state index >= 15 is 0 Å². The minimum Gasteiger partial charge on any atom is -0.338 e. The lowest BCUT2D eigenvalue weighted by Gasteiger charge is -2.39. The first kappa shape index (κ1) is 22.3. The molecule has 5 nitrogen and oxygen atoms in total. The molecule has 0 aliphatic carbocycles. The van der Waals surface area contributed by atoms with E-state index in [0.717, 1.165) is 38.6 Å². The van der Waals surface area contributed by atoms with Crippen LogP contribution in [-0.4, -0.2) is 61.2 Å². The molecule has 1 saturated heterocycles. The van der Waals surface area contributed by atoms with Crippen molar-refractivity contribution in [3.05, 3.63) is 83.4 Å². The predicted octanol–water partition coefficient (Wildman–Crippen LogP) is 4.30. The smallest absolute Gasteiger partial charge is 0.148 e. The van der Waals surface area contributed by atoms with Gasteiger partial charge in [0.2, 0.25) is 0 Å². The van der Waals surface area contributed by atoms with Crippen LogP contribution in [0.1, 0.15) is 36.8 Å². The van der Waals surface area contributed by atoms with E-state index < -0.39 is 0 Å². The monoisotopic (exact) mass is 429 g/mol. The zero-order valence-electron chi connectivity index (χ0n) is 19.3. The maximum atomic E-state index is 4.78. The van der Waals surface area contributed by atoms with Crippen molar-refractivity contribution in [3.8, 4) is 0 Å². The lowest BCUT2D eigenvalue weighted by Crippen LogP contribution is -2.50. The Morgan fingerprint density at radius 1 is 1.09 bits per heavy atom. The zero-order chi connectivity index (χ0) is 22.2. The molecule has 2 aromatic rings. The van der Waals surface area contributed by atoms with Gasteiger partial charge >= 0.3 is 0 Å². The Hall–Kier alpha value is -2.92. The largest absolute Gasteiger partial charge is 0.338 e. The first-order chi connectivity index (χ1) is 15.8. The summed E-state index contributed by atoms with van der Waals surface area (Å²) in [7, 11) is 1.82. The number of nitrogens with one attached hydrogen (secondary N) is 1. The minimum atomic E-state index is 0.176. The van der Waals surface area contributed by atoms with Crippen molar-refractivity contribution >= 4 is 12.1 Å². The minimum absolute atomic E-state index is 0.176. The number of benzene rings is 2. The number of hydrogen-bond donors (Lipinski definition) is 1. The van der Waals surface area contributed by atoms with E-state index in [1.54, 1.807) is 0 Å². The molecule has 0 aromatic heterocycles. The van der Waals surface area contributed by atoms with Gasteiger partial charge in [0, 0.05) is 19.8 Å². The molecular formula is C27H35N5. The van der Waals surface area contributed by atoms with E-state index in [0.29, 0.717) is 5.92 Å². The third-order valence-corrected chi connectivity index (χ3v) is 6.62. The number of allylic oxidation sites excluding steroid dienone is 1. The Morgan fingerprint density at radius 2 is 1.78 bits per heavy atom. The summed E-state index contributed by atoms with van der Waals surface area (Å²) in [5, 5.41) is 4.78. The van der Waals surface area contributed by atoms with Gasteiger partial charge in [-0.1, -0.05) is 60.7 Å². The van der Waals surface area contributed by atoms with E-state index in [4.69, 9.17) is 5.10 Å². The van der Waals surface area contributed by atoms with E-state index in [1.165, 1.54) is 29.5 Å². The summed E-state index contributed by atoms with van der Waals surface area (Å²) in [4.78, 5) is 9.20. The van der Waals surface area contributed by atoms with Gasteiger partial charge in [0.15, 0.2) is 0 Å². The van der Waals surface area contributed by atoms with Gasteiger partial charge in [0.1, 0.15) is 12.5 Å². The second kappa shape index (κ2) is 11.1. The first-order valence-electron chi connectivity index (χ1n) is 11.7. The van der Waals surface area contributed by atoms with Crippen LogP contribution in [0.5, 0.6) is 0 Å². The van der Waals surface area contributed by atoms with Crippen molar-refractivity contribution < 1.29 is 0 Å². The van der Waals surface area contributed by atoms with Gasteiger partial charge in [0.05, 0.1) is 6.04 Å². The average molecular weight is 430 g/mol. The zero-order valence-corrected chi connectivity index (χ0v) is 19.3. The summed E-state index contributed by atoms with van der Waals surface area (Å²) in [6.07, 6.45) is 7.42. The number of piperidine rings is 1. The Kier molecular flexibility index (Phi) is 7.73. The molecule has 0 radical (unpaired) electrons. The highest BCUT2D eigenvalue weighted by molar-refractivity contribution is 5.92. The van der Waals surface area contributed by atoms with Crippen molar-refractivity contribution in [3.63, 3.8) is 0 Å². The number of aliphatic imine (C=N–C) groups is 1. The molecule has 32 heavy (non-hydrogen) atoms. The Labute approximate surface area is 192 Å². The molecule has 2 aliphatic rings. The fourth-order valence-corrected chi connectivity index (χ4v) is 4.84. The summed E-state index contributed by atoms with van der Waals surface area (Å²) >= 11 is 0. The van der Waals surface area contributed by atoms with Gasteiger partial charge in [-0.15, -0.1) is 0 Å². The number of rotatable bonds is 8. The van der Waals surface area contributed by atoms with Crippen molar-refractivity contribution in [1.29, 1.82) is 0 Å². The SMILES string of the molecule is CN=C/C=C(\C)C(C1=NNCN1CCc1ccccc1)N1CCC(c2ccccc2)CC1. The highest BCUT2D eigenvalue weighted by Crippen LogP contribution is 2.30. The second-order valence-electron chi connectivity index (χ2n) is 8.73. The summed E-state index contributed by atoms with van der Waals surface area (Å²) in [5.74, 6) is 1.78. The van der Waals surface area contributed by atoms with Gasteiger partial charge in [-0.05, 0) is 68.0 Å². The number of amidine groups is 1. The molecule has 2 aliphatic heterocycles. The molecule has 0 saturated carbocycles. The lowest BCUT2D eigenvalue weighted by molar-refractivity contribution is 0.195. The van der Waals surface area contributed by atoms with Gasteiger partial charge in [-0.3, -0.25) is 15.3 Å². The topological polar surface area (TPSA) is 43.2 Å². The molecule has 0 spiro atoms. The quantitative estimate of drug-likeness (QED) is 0.636. The number of nitrogens with zero attached hydrogens (tertiary/aromatic N) is 4. The summed E-state index contributed by atoms with van der Waals surface area (Å²) in [6, 6.07) is 21.9. The molecule has 1 N–H and O–H groups in total. The standard InChI is InChI=1S/C27H35N5/c1-22(13-17-28-2)26(31-19-15-25(16-20-31)24-11-7-4-8-12-24)27-30-29-21-32(27)18-14-23-9-5-3-6-10-23/h3-13,17,25-26,29H,14-16,18-21H2,1-2H3/b22-13+,28-17?. The molecule has 2 heterocycles. The molecular weight excluding hydrogens is 394 g/mol. The van der Waals surface area contributed by atoms with Crippen LogP contribution >= 0.6 is 0 Å². The molecule has 4 rings (SSSR count). The molecule has 1 unspecified atom stereocenters.